The van der Waals surface area contributed by atoms with Crippen molar-refractivity contribution in [2.75, 3.05) is 6.54 Å². The topological polar surface area (TPSA) is 89.5 Å². The zero-order valence-corrected chi connectivity index (χ0v) is 10.4. The number of hydrogen-bond acceptors (Lipinski definition) is 4. The Morgan fingerprint density at radius 1 is 1.37 bits per heavy atom. The van der Waals surface area contributed by atoms with Gasteiger partial charge in [-0.1, -0.05) is 30.3 Å². The van der Waals surface area contributed by atoms with E-state index >= 15 is 0 Å². The monoisotopic (exact) mass is 264 g/mol. The van der Waals surface area contributed by atoms with Gasteiger partial charge in [0, 0.05) is 12.0 Å². The molecule has 1 fully saturated rings. The fourth-order valence-corrected chi connectivity index (χ4v) is 2.40. The van der Waals surface area contributed by atoms with Crippen molar-refractivity contribution in [2.45, 2.75) is 25.4 Å². The second-order valence-corrected chi connectivity index (χ2v) is 4.76. The highest BCUT2D eigenvalue weighted by molar-refractivity contribution is 5.73. The lowest BCUT2D eigenvalue weighted by Crippen LogP contribution is -2.71. The van der Waals surface area contributed by atoms with E-state index in [1.54, 1.807) is 0 Å². The molecule has 1 amide bonds. The van der Waals surface area contributed by atoms with Crippen molar-refractivity contribution in [3.05, 3.63) is 35.9 Å². The molecule has 1 heterocycles. The number of nitrogens with one attached hydrogen (secondary N) is 1. The second kappa shape index (κ2) is 5.38. The van der Waals surface area contributed by atoms with Crippen LogP contribution in [0.25, 0.3) is 0 Å². The summed E-state index contributed by atoms with van der Waals surface area (Å²) >= 11 is 0. The van der Waals surface area contributed by atoms with E-state index in [9.17, 15) is 14.7 Å². The molecular weight excluding hydrogens is 248 g/mol. The maximum Gasteiger partial charge on any atom is 0.326 e. The van der Waals surface area contributed by atoms with Gasteiger partial charge >= 0.3 is 5.97 Å². The lowest BCUT2D eigenvalue weighted by molar-refractivity contribution is -0.936. The Bertz CT molecular complexity index is 477. The van der Waals surface area contributed by atoms with Crippen LogP contribution in [0.15, 0.2) is 30.3 Å². The minimum Gasteiger partial charge on any atom is -0.497 e. The van der Waals surface area contributed by atoms with Crippen molar-refractivity contribution in [1.82, 2.24) is 5.43 Å². The van der Waals surface area contributed by atoms with Gasteiger partial charge in [-0.2, -0.15) is 4.59 Å². The van der Waals surface area contributed by atoms with Crippen LogP contribution in [0.1, 0.15) is 18.4 Å². The summed E-state index contributed by atoms with van der Waals surface area (Å²) in [4.78, 5) is 22.5. The summed E-state index contributed by atoms with van der Waals surface area (Å²) < 4.78 is -0.541. The number of carboxylic acid groups (broad SMARTS) is 2. The molecule has 6 nitrogen and oxygen atoms in total. The van der Waals surface area contributed by atoms with E-state index in [1.165, 1.54) is 0 Å². The van der Waals surface area contributed by atoms with Gasteiger partial charge in [0.15, 0.2) is 6.04 Å². The molecule has 2 atom stereocenters. The first-order valence-corrected chi connectivity index (χ1v) is 6.17. The summed E-state index contributed by atoms with van der Waals surface area (Å²) in [6, 6.07) is 8.26. The van der Waals surface area contributed by atoms with Gasteiger partial charge in [0.1, 0.15) is 13.1 Å². The predicted molar refractivity (Wildman–Crippen MR) is 64.5 cm³/mol. The average molecular weight is 264 g/mol. The summed E-state index contributed by atoms with van der Waals surface area (Å²) in [5.74, 6) is -1.03. The highest BCUT2D eigenvalue weighted by Crippen LogP contribution is 2.19. The summed E-state index contributed by atoms with van der Waals surface area (Å²) in [5.41, 5.74) is 3.51. The Hall–Kier alpha value is -1.92. The predicted octanol–water partition coefficient (Wildman–Crippen LogP) is 0.0983. The Morgan fingerprint density at radius 3 is 2.63 bits per heavy atom. The number of carbonyl (C=O) groups is 2. The first-order valence-electron chi connectivity index (χ1n) is 6.17. The highest BCUT2D eigenvalue weighted by atomic mass is 16.4. The van der Waals surface area contributed by atoms with Gasteiger partial charge in [-0.05, 0) is 6.42 Å². The molecule has 0 spiro atoms. The molecule has 1 aromatic carbocycles. The van der Waals surface area contributed by atoms with Gasteiger partial charge in [-0.15, -0.1) is 5.43 Å². The lowest BCUT2D eigenvalue weighted by atomic mass is 10.1. The first-order chi connectivity index (χ1) is 9.03. The number of aliphatic carboxylic acids is 1. The molecule has 2 N–H and O–H groups in total. The van der Waals surface area contributed by atoms with Crippen molar-refractivity contribution in [2.24, 2.45) is 0 Å². The van der Waals surface area contributed by atoms with Gasteiger partial charge in [-0.3, -0.25) is 4.79 Å². The van der Waals surface area contributed by atoms with Gasteiger partial charge in [0.2, 0.25) is 0 Å². The van der Waals surface area contributed by atoms with E-state index in [2.05, 4.69) is 5.43 Å². The number of rotatable bonds is 3. The van der Waals surface area contributed by atoms with Crippen molar-refractivity contribution in [3.8, 4) is 0 Å². The zero-order chi connectivity index (χ0) is 13.9. The van der Waals surface area contributed by atoms with E-state index in [-0.39, 0.29) is 6.54 Å². The molecule has 2 rings (SSSR count). The molecule has 1 unspecified atom stereocenters. The number of hydrogen-bond donors (Lipinski definition) is 2. The Kier molecular flexibility index (Phi) is 3.82. The van der Waals surface area contributed by atoms with Crippen LogP contribution in [-0.2, 0) is 11.3 Å². The van der Waals surface area contributed by atoms with Crippen LogP contribution < -0.4 is 10.5 Å². The molecule has 1 aliphatic heterocycles. The van der Waals surface area contributed by atoms with Gasteiger partial charge in [0.25, 0.3) is 6.09 Å². The van der Waals surface area contributed by atoms with Crippen LogP contribution in [0.2, 0.25) is 0 Å². The maximum absolute atomic E-state index is 11.5. The summed E-state index contributed by atoms with van der Waals surface area (Å²) in [6.45, 7) is 0.494. The van der Waals surface area contributed by atoms with Gasteiger partial charge in [-0.25, -0.2) is 0 Å². The van der Waals surface area contributed by atoms with Crippen LogP contribution in [0.5, 0.6) is 0 Å². The number of quaternary nitrogens is 1. The van der Waals surface area contributed by atoms with Crippen molar-refractivity contribution >= 4 is 12.1 Å². The molecule has 1 aliphatic rings. The number of carboxylic acids is 1. The van der Waals surface area contributed by atoms with E-state index in [0.29, 0.717) is 19.4 Å². The number of benzene rings is 1. The Morgan fingerprint density at radius 2 is 2.05 bits per heavy atom. The average Bonchev–Trinajstić information content (AvgIpc) is 2.40. The molecule has 0 bridgehead atoms. The van der Waals surface area contributed by atoms with Crippen LogP contribution in [0.4, 0.5) is 4.79 Å². The number of amides is 1. The molecule has 0 aromatic heterocycles. The lowest BCUT2D eigenvalue weighted by Gasteiger charge is -2.42. The summed E-state index contributed by atoms with van der Waals surface area (Å²) in [5, 5.41) is 20.5. The van der Waals surface area contributed by atoms with Crippen molar-refractivity contribution in [3.63, 3.8) is 0 Å². The fraction of sp³-hybridized carbons (Fsp3) is 0.385. The third kappa shape index (κ3) is 2.91. The fourth-order valence-electron chi connectivity index (χ4n) is 2.40. The first kappa shape index (κ1) is 13.5. The van der Waals surface area contributed by atoms with Gasteiger partial charge < -0.3 is 15.0 Å². The van der Waals surface area contributed by atoms with Crippen LogP contribution in [0, 0.1) is 0 Å². The van der Waals surface area contributed by atoms with E-state index in [1.807, 2.05) is 30.3 Å². The maximum atomic E-state index is 11.5. The van der Waals surface area contributed by atoms with Gasteiger partial charge in [0.05, 0.1) is 0 Å². The van der Waals surface area contributed by atoms with E-state index in [0.717, 1.165) is 5.56 Å². The van der Waals surface area contributed by atoms with Crippen molar-refractivity contribution < 1.29 is 24.4 Å². The van der Waals surface area contributed by atoms with Crippen LogP contribution in [0.3, 0.4) is 0 Å². The Balaban J connectivity index is 2.23. The number of carbonyl (C=O) groups excluding carboxylic acids is 1. The van der Waals surface area contributed by atoms with E-state index < -0.39 is 22.7 Å². The minimum absolute atomic E-state index is 0.174. The Labute approximate surface area is 110 Å². The largest absolute Gasteiger partial charge is 0.497 e. The third-order valence-electron chi connectivity index (χ3n) is 3.38. The third-order valence-corrected chi connectivity index (χ3v) is 3.38. The standard InChI is InChI=1S/C13H16N2O4/c16-12(17)11-7-4-8-15(14-11,13(18)19)9-10-5-2-1-3-6-10/h1-3,5-6,11,14H,4,7-9H2,(H-,16,17,18,19)/t11?,15-/m1/s1. The summed E-state index contributed by atoms with van der Waals surface area (Å²) in [7, 11) is 0. The van der Waals surface area contributed by atoms with Crippen LogP contribution >= 0.6 is 0 Å². The number of nitrogens with zero attached hydrogens (tertiary/aromatic N) is 1. The normalized spacial score (nSPS) is 26.8. The summed E-state index contributed by atoms with van der Waals surface area (Å²) in [6.07, 6.45) is -0.336. The molecule has 1 saturated heterocycles. The molecule has 1 aromatic rings. The molecule has 102 valence electrons. The molecule has 0 aliphatic carbocycles. The molecule has 0 saturated carbocycles. The molecule has 19 heavy (non-hydrogen) atoms. The highest BCUT2D eigenvalue weighted by Gasteiger charge is 2.40. The SMILES string of the molecule is O=C(O)C1CCC[N@@+](Cc2ccccc2)(C(=O)[O-])N1. The molecular formula is C13H16N2O4. The van der Waals surface area contributed by atoms with Crippen molar-refractivity contribution in [1.29, 1.82) is 0 Å². The minimum atomic E-state index is -1.30. The smallest absolute Gasteiger partial charge is 0.326 e. The second-order valence-electron chi connectivity index (χ2n) is 4.76. The molecule has 0 radical (unpaired) electrons. The van der Waals surface area contributed by atoms with Crippen LogP contribution in [-0.4, -0.2) is 34.3 Å². The molecule has 6 heteroatoms. The quantitative estimate of drug-likeness (QED) is 0.756. The van der Waals surface area contributed by atoms with E-state index in [4.69, 9.17) is 5.11 Å². The zero-order valence-electron chi connectivity index (χ0n) is 10.4.